The highest BCUT2D eigenvalue weighted by Crippen LogP contribution is 2.14. The van der Waals surface area contributed by atoms with Gasteiger partial charge in [0.15, 0.2) is 0 Å². The average molecular weight is 255 g/mol. The summed E-state index contributed by atoms with van der Waals surface area (Å²) in [4.78, 5) is 8.36. The molecule has 0 saturated carbocycles. The predicted molar refractivity (Wildman–Crippen MR) is 68.7 cm³/mol. The van der Waals surface area contributed by atoms with Gasteiger partial charge in [0.05, 0.1) is 12.7 Å². The molecule has 0 bridgehead atoms. The Kier molecular flexibility index (Phi) is 4.86. The van der Waals surface area contributed by atoms with Gasteiger partial charge in [0, 0.05) is 18.3 Å². The number of aliphatic hydroxyl groups is 2. The summed E-state index contributed by atoms with van der Waals surface area (Å²) >= 11 is 0. The van der Waals surface area contributed by atoms with E-state index < -0.39 is 5.60 Å². The van der Waals surface area contributed by atoms with Crippen LogP contribution in [0.2, 0.25) is 0 Å². The van der Waals surface area contributed by atoms with Crippen LogP contribution >= 0.6 is 0 Å². The lowest BCUT2D eigenvalue weighted by molar-refractivity contribution is 0.0131. The van der Waals surface area contributed by atoms with Gasteiger partial charge in [0.2, 0.25) is 11.8 Å². The number of aliphatic hydroxyl groups excluding tert-OH is 1. The van der Waals surface area contributed by atoms with Crippen molar-refractivity contribution in [3.63, 3.8) is 0 Å². The van der Waals surface area contributed by atoms with Gasteiger partial charge in [-0.15, -0.1) is 0 Å². The minimum absolute atomic E-state index is 0.0349. The maximum atomic E-state index is 9.67. The first-order chi connectivity index (χ1) is 8.32. The SMILES string of the molecule is Cc1cc(OC(C)C)nc(NCC(C)(O)CO)n1. The van der Waals surface area contributed by atoms with Crippen LogP contribution in [0.3, 0.4) is 0 Å². The van der Waals surface area contributed by atoms with E-state index in [0.29, 0.717) is 11.8 Å². The minimum Gasteiger partial charge on any atom is -0.475 e. The zero-order chi connectivity index (χ0) is 13.8. The zero-order valence-electron chi connectivity index (χ0n) is 11.3. The molecule has 1 aromatic rings. The fourth-order valence-corrected chi connectivity index (χ4v) is 1.25. The molecule has 1 rings (SSSR count). The van der Waals surface area contributed by atoms with Crippen molar-refractivity contribution in [2.75, 3.05) is 18.5 Å². The standard InChI is InChI=1S/C12H21N3O3/c1-8(2)18-10-5-9(3)14-11(15-10)13-6-12(4,17)7-16/h5,8,16-17H,6-7H2,1-4H3,(H,13,14,15). The summed E-state index contributed by atoms with van der Waals surface area (Å²) in [6.45, 7) is 7.03. The van der Waals surface area contributed by atoms with E-state index in [9.17, 15) is 5.11 Å². The summed E-state index contributed by atoms with van der Waals surface area (Å²) in [7, 11) is 0. The lowest BCUT2D eigenvalue weighted by atomic mass is 10.1. The molecule has 1 heterocycles. The second-order valence-corrected chi connectivity index (χ2v) is 4.85. The van der Waals surface area contributed by atoms with E-state index in [2.05, 4.69) is 15.3 Å². The molecule has 0 saturated heterocycles. The molecule has 3 N–H and O–H groups in total. The number of rotatable bonds is 6. The van der Waals surface area contributed by atoms with Crippen molar-refractivity contribution in [2.45, 2.75) is 39.4 Å². The van der Waals surface area contributed by atoms with Crippen LogP contribution in [0.1, 0.15) is 26.5 Å². The molecule has 0 fully saturated rings. The molecule has 102 valence electrons. The van der Waals surface area contributed by atoms with Gasteiger partial charge in [0.25, 0.3) is 0 Å². The number of aromatic nitrogens is 2. The second-order valence-electron chi connectivity index (χ2n) is 4.85. The van der Waals surface area contributed by atoms with Gasteiger partial charge in [-0.05, 0) is 27.7 Å². The Hall–Kier alpha value is -1.40. The van der Waals surface area contributed by atoms with Crippen molar-refractivity contribution >= 4 is 5.95 Å². The maximum Gasteiger partial charge on any atom is 0.226 e. The Morgan fingerprint density at radius 1 is 1.44 bits per heavy atom. The highest BCUT2D eigenvalue weighted by Gasteiger charge is 2.19. The van der Waals surface area contributed by atoms with Crippen molar-refractivity contribution in [2.24, 2.45) is 0 Å². The van der Waals surface area contributed by atoms with Crippen LogP contribution in [0.5, 0.6) is 5.88 Å². The monoisotopic (exact) mass is 255 g/mol. The van der Waals surface area contributed by atoms with E-state index in [1.807, 2.05) is 20.8 Å². The summed E-state index contributed by atoms with van der Waals surface area (Å²) in [6, 6.07) is 1.75. The molecular formula is C12H21N3O3. The van der Waals surface area contributed by atoms with E-state index in [4.69, 9.17) is 9.84 Å². The molecule has 0 aliphatic rings. The molecule has 0 radical (unpaired) electrons. The first-order valence-corrected chi connectivity index (χ1v) is 5.92. The minimum atomic E-state index is -1.20. The predicted octanol–water partition coefficient (Wildman–Crippen LogP) is 0.727. The van der Waals surface area contributed by atoms with Crippen LogP contribution in [-0.2, 0) is 0 Å². The Morgan fingerprint density at radius 3 is 2.67 bits per heavy atom. The van der Waals surface area contributed by atoms with Crippen molar-refractivity contribution < 1.29 is 14.9 Å². The summed E-state index contributed by atoms with van der Waals surface area (Å²) in [5.74, 6) is 0.864. The van der Waals surface area contributed by atoms with E-state index in [-0.39, 0.29) is 19.3 Å². The Balaban J connectivity index is 2.74. The number of hydrogen-bond acceptors (Lipinski definition) is 6. The van der Waals surface area contributed by atoms with Crippen LogP contribution in [0.15, 0.2) is 6.07 Å². The molecule has 0 amide bonds. The van der Waals surface area contributed by atoms with E-state index in [0.717, 1.165) is 5.69 Å². The number of ether oxygens (including phenoxy) is 1. The Morgan fingerprint density at radius 2 is 2.11 bits per heavy atom. The first kappa shape index (κ1) is 14.7. The van der Waals surface area contributed by atoms with Crippen LogP contribution in [-0.4, -0.2) is 45.0 Å². The third-order valence-corrected chi connectivity index (χ3v) is 2.16. The number of hydrogen-bond donors (Lipinski definition) is 3. The van der Waals surface area contributed by atoms with E-state index in [1.165, 1.54) is 6.92 Å². The van der Waals surface area contributed by atoms with Gasteiger partial charge in [-0.2, -0.15) is 4.98 Å². The van der Waals surface area contributed by atoms with Crippen LogP contribution in [0.25, 0.3) is 0 Å². The molecule has 1 unspecified atom stereocenters. The van der Waals surface area contributed by atoms with E-state index in [1.54, 1.807) is 6.07 Å². The molecule has 18 heavy (non-hydrogen) atoms. The normalized spacial score (nSPS) is 14.4. The fraction of sp³-hybridized carbons (Fsp3) is 0.667. The molecule has 1 atom stereocenters. The van der Waals surface area contributed by atoms with Crippen LogP contribution < -0.4 is 10.1 Å². The van der Waals surface area contributed by atoms with E-state index >= 15 is 0 Å². The van der Waals surface area contributed by atoms with Gasteiger partial charge in [-0.3, -0.25) is 0 Å². The highest BCUT2D eigenvalue weighted by molar-refractivity contribution is 5.31. The lowest BCUT2D eigenvalue weighted by Gasteiger charge is -2.20. The topological polar surface area (TPSA) is 87.5 Å². The van der Waals surface area contributed by atoms with Gasteiger partial charge in [0.1, 0.15) is 5.60 Å². The summed E-state index contributed by atoms with van der Waals surface area (Å²) in [6.07, 6.45) is 0.0349. The number of aryl methyl sites for hydroxylation is 1. The largest absolute Gasteiger partial charge is 0.475 e. The molecular weight excluding hydrogens is 234 g/mol. The molecule has 1 aromatic heterocycles. The number of nitrogens with one attached hydrogen (secondary N) is 1. The second kappa shape index (κ2) is 5.97. The zero-order valence-corrected chi connectivity index (χ0v) is 11.3. The summed E-state index contributed by atoms with van der Waals surface area (Å²) in [5, 5.41) is 21.5. The number of anilines is 1. The van der Waals surface area contributed by atoms with Gasteiger partial charge in [-0.1, -0.05) is 0 Å². The fourth-order valence-electron chi connectivity index (χ4n) is 1.25. The number of nitrogens with zero attached hydrogens (tertiary/aromatic N) is 2. The third-order valence-electron chi connectivity index (χ3n) is 2.16. The van der Waals surface area contributed by atoms with Gasteiger partial charge >= 0.3 is 0 Å². The quantitative estimate of drug-likeness (QED) is 0.694. The molecule has 0 spiro atoms. The first-order valence-electron chi connectivity index (χ1n) is 5.92. The molecule has 0 aliphatic heterocycles. The summed E-state index contributed by atoms with van der Waals surface area (Å²) < 4.78 is 5.49. The highest BCUT2D eigenvalue weighted by atomic mass is 16.5. The van der Waals surface area contributed by atoms with Crippen molar-refractivity contribution in [1.29, 1.82) is 0 Å². The Bertz CT molecular complexity index is 394. The average Bonchev–Trinajstić information content (AvgIpc) is 2.25. The van der Waals surface area contributed by atoms with Gasteiger partial charge < -0.3 is 20.3 Å². The van der Waals surface area contributed by atoms with Crippen LogP contribution in [0.4, 0.5) is 5.95 Å². The Labute approximate surface area is 107 Å². The van der Waals surface area contributed by atoms with Crippen LogP contribution in [0, 0.1) is 6.92 Å². The summed E-state index contributed by atoms with van der Waals surface area (Å²) in [5.41, 5.74) is -0.432. The molecule has 6 heteroatoms. The smallest absolute Gasteiger partial charge is 0.226 e. The molecule has 6 nitrogen and oxygen atoms in total. The third kappa shape index (κ3) is 4.85. The van der Waals surface area contributed by atoms with Crippen molar-refractivity contribution in [3.8, 4) is 5.88 Å². The van der Waals surface area contributed by atoms with Gasteiger partial charge in [-0.25, -0.2) is 4.98 Å². The molecule has 0 aromatic carbocycles. The van der Waals surface area contributed by atoms with Crippen molar-refractivity contribution in [3.05, 3.63) is 11.8 Å². The maximum absolute atomic E-state index is 9.67. The lowest BCUT2D eigenvalue weighted by Crippen LogP contribution is -2.37. The molecule has 0 aliphatic carbocycles. The van der Waals surface area contributed by atoms with Crippen molar-refractivity contribution in [1.82, 2.24) is 9.97 Å².